The number of pyridine rings is 1. The zero-order chi connectivity index (χ0) is 39.3. The van der Waals surface area contributed by atoms with Gasteiger partial charge in [-0.25, -0.2) is 24.3 Å². The molecule has 2 aromatic heterocycles. The van der Waals surface area contributed by atoms with Gasteiger partial charge in [0.2, 0.25) is 0 Å². The van der Waals surface area contributed by atoms with Gasteiger partial charge in [-0.05, 0) is 80.2 Å². The fourth-order valence-electron chi connectivity index (χ4n) is 8.31. The number of nitrogens with zero attached hydrogens (tertiary/aromatic N) is 4. The average Bonchev–Trinajstić information content (AvgIpc) is 3.32. The minimum absolute atomic E-state index is 0.272. The third-order valence-electron chi connectivity index (χ3n) is 11.2. The lowest BCUT2D eigenvalue weighted by atomic mass is 9.89. The van der Waals surface area contributed by atoms with E-state index in [0.29, 0.717) is 17.5 Å². The number of hydrogen-bond donors (Lipinski definition) is 0. The Kier molecular flexibility index (Phi) is 8.30. The number of rotatable bonds is 6. The van der Waals surface area contributed by atoms with Gasteiger partial charge >= 0.3 is 0 Å². The highest BCUT2D eigenvalue weighted by atomic mass is 19.1. The predicted molar refractivity (Wildman–Crippen MR) is 240 cm³/mol. The maximum absolute atomic E-state index is 14.2. The first kappa shape index (κ1) is 34.4. The molecule has 0 spiro atoms. The van der Waals surface area contributed by atoms with Gasteiger partial charge < -0.3 is 0 Å². The second kappa shape index (κ2) is 14.2. The molecule has 59 heavy (non-hydrogen) atoms. The SMILES string of the molecule is Fc1ccc(-c2nc3cc(-c4ccc(-c5cccc(-c6nc(-c7ccccc7)nc(-c7ccccc7)n6)c5)cc4)ccc3c3c4ccccc4c4ccccc4c23)cc1. The normalized spacial score (nSPS) is 11.5. The largest absolute Gasteiger partial charge is 0.247 e. The summed E-state index contributed by atoms with van der Waals surface area (Å²) >= 11 is 0. The Morgan fingerprint density at radius 2 is 0.712 bits per heavy atom. The van der Waals surface area contributed by atoms with Crippen molar-refractivity contribution in [1.29, 1.82) is 0 Å². The van der Waals surface area contributed by atoms with Gasteiger partial charge in [0.25, 0.3) is 0 Å². The van der Waals surface area contributed by atoms with Gasteiger partial charge in [0.15, 0.2) is 17.5 Å². The zero-order valence-corrected chi connectivity index (χ0v) is 31.7. The molecule has 9 aromatic carbocycles. The van der Waals surface area contributed by atoms with E-state index in [1.807, 2.05) is 72.8 Å². The number of halogens is 1. The standard InChI is InChI=1S/C54H33FN4/c55-42-29-26-36(27-30-42)51-50-46-21-10-8-19-44(46)43-18-7-9-20-45(43)49(50)47-31-28-40(33-48(47)56-51)35-24-22-34(23-25-35)39-16-11-17-41(32-39)54-58-52(37-12-3-1-4-13-37)57-53(59-54)38-14-5-2-6-15-38/h1-33H. The van der Waals surface area contributed by atoms with Crippen molar-refractivity contribution in [1.82, 2.24) is 19.9 Å². The summed E-state index contributed by atoms with van der Waals surface area (Å²) in [6.45, 7) is 0. The summed E-state index contributed by atoms with van der Waals surface area (Å²) in [4.78, 5) is 20.1. The van der Waals surface area contributed by atoms with E-state index in [2.05, 4.69) is 115 Å². The number of hydrogen-bond acceptors (Lipinski definition) is 4. The lowest BCUT2D eigenvalue weighted by Gasteiger charge is -2.17. The van der Waals surface area contributed by atoms with Crippen molar-refractivity contribution in [3.05, 3.63) is 206 Å². The van der Waals surface area contributed by atoms with Crippen molar-refractivity contribution in [2.45, 2.75) is 0 Å². The maximum Gasteiger partial charge on any atom is 0.164 e. The van der Waals surface area contributed by atoms with Crippen molar-refractivity contribution in [3.63, 3.8) is 0 Å². The van der Waals surface area contributed by atoms with Crippen LogP contribution in [-0.2, 0) is 0 Å². The molecule has 0 aliphatic heterocycles. The van der Waals surface area contributed by atoms with Crippen LogP contribution in [0.25, 0.3) is 111 Å². The molecule has 11 rings (SSSR count). The average molecular weight is 757 g/mol. The minimum atomic E-state index is -0.272. The summed E-state index contributed by atoms with van der Waals surface area (Å²) in [5.41, 5.74) is 9.67. The molecule has 0 aliphatic rings. The Hall–Kier alpha value is -7.89. The third-order valence-corrected chi connectivity index (χ3v) is 11.2. The molecule has 0 N–H and O–H groups in total. The number of benzene rings is 9. The summed E-state index contributed by atoms with van der Waals surface area (Å²) in [5.74, 6) is 1.61. The van der Waals surface area contributed by atoms with E-state index in [0.717, 1.165) is 77.3 Å². The van der Waals surface area contributed by atoms with Crippen LogP contribution in [0.1, 0.15) is 0 Å². The van der Waals surface area contributed by atoms with Gasteiger partial charge in [0.1, 0.15) is 5.82 Å². The lowest BCUT2D eigenvalue weighted by Crippen LogP contribution is -2.00. The predicted octanol–water partition coefficient (Wildman–Crippen LogP) is 14.0. The fraction of sp³-hybridized carbons (Fsp3) is 0. The summed E-state index contributed by atoms with van der Waals surface area (Å²) in [5, 5.41) is 7.96. The van der Waals surface area contributed by atoms with Crippen LogP contribution in [0, 0.1) is 5.82 Å². The topological polar surface area (TPSA) is 51.6 Å². The van der Waals surface area contributed by atoms with E-state index in [9.17, 15) is 4.39 Å². The monoisotopic (exact) mass is 756 g/mol. The molecule has 2 heterocycles. The van der Waals surface area contributed by atoms with Crippen LogP contribution in [-0.4, -0.2) is 19.9 Å². The molecular formula is C54H33FN4. The molecule has 4 nitrogen and oxygen atoms in total. The van der Waals surface area contributed by atoms with Gasteiger partial charge in [0, 0.05) is 38.4 Å². The molecule has 0 amide bonds. The molecule has 0 fully saturated rings. The second-order valence-electron chi connectivity index (χ2n) is 14.7. The maximum atomic E-state index is 14.2. The molecule has 0 aliphatic carbocycles. The molecule has 5 heteroatoms. The van der Waals surface area contributed by atoms with Gasteiger partial charge in [-0.3, -0.25) is 0 Å². The molecule has 11 aromatic rings. The van der Waals surface area contributed by atoms with Gasteiger partial charge in [-0.15, -0.1) is 0 Å². The Morgan fingerprint density at radius 1 is 0.271 bits per heavy atom. The Bertz CT molecular complexity index is 3310. The van der Waals surface area contributed by atoms with Gasteiger partial charge in [-0.1, -0.05) is 164 Å². The molecular weight excluding hydrogens is 724 g/mol. The zero-order valence-electron chi connectivity index (χ0n) is 31.7. The Labute approximate surface area is 340 Å². The van der Waals surface area contributed by atoms with Crippen LogP contribution in [0.4, 0.5) is 4.39 Å². The van der Waals surface area contributed by atoms with Crippen LogP contribution >= 0.6 is 0 Å². The van der Waals surface area contributed by atoms with Crippen molar-refractivity contribution < 1.29 is 4.39 Å². The molecule has 0 unspecified atom stereocenters. The van der Waals surface area contributed by atoms with Crippen molar-refractivity contribution in [2.24, 2.45) is 0 Å². The summed E-state index contributed by atoms with van der Waals surface area (Å²) in [6, 6.07) is 67.4. The molecule has 276 valence electrons. The molecule has 0 radical (unpaired) electrons. The quantitative estimate of drug-likeness (QED) is 0.159. The summed E-state index contributed by atoms with van der Waals surface area (Å²) < 4.78 is 14.2. The molecule has 0 saturated carbocycles. The van der Waals surface area contributed by atoms with Crippen LogP contribution in [0.3, 0.4) is 0 Å². The van der Waals surface area contributed by atoms with Gasteiger partial charge in [0.05, 0.1) is 11.2 Å². The van der Waals surface area contributed by atoms with E-state index in [4.69, 9.17) is 19.9 Å². The molecule has 0 bridgehead atoms. The van der Waals surface area contributed by atoms with E-state index < -0.39 is 0 Å². The fourth-order valence-corrected chi connectivity index (χ4v) is 8.31. The van der Waals surface area contributed by atoms with Crippen molar-refractivity contribution in [3.8, 4) is 67.7 Å². The lowest BCUT2D eigenvalue weighted by molar-refractivity contribution is 0.628. The minimum Gasteiger partial charge on any atom is -0.247 e. The summed E-state index contributed by atoms with van der Waals surface area (Å²) in [7, 11) is 0. The molecule has 0 saturated heterocycles. The first-order valence-electron chi connectivity index (χ1n) is 19.7. The third kappa shape index (κ3) is 6.17. The van der Waals surface area contributed by atoms with Gasteiger partial charge in [-0.2, -0.15) is 0 Å². The first-order valence-corrected chi connectivity index (χ1v) is 19.7. The highest BCUT2D eigenvalue weighted by molar-refractivity contribution is 6.33. The van der Waals surface area contributed by atoms with Crippen molar-refractivity contribution >= 4 is 43.2 Å². The van der Waals surface area contributed by atoms with Crippen LogP contribution < -0.4 is 0 Å². The van der Waals surface area contributed by atoms with E-state index >= 15 is 0 Å². The van der Waals surface area contributed by atoms with Crippen LogP contribution in [0.15, 0.2) is 200 Å². The summed E-state index contributed by atoms with van der Waals surface area (Å²) in [6.07, 6.45) is 0. The molecule has 0 atom stereocenters. The first-order chi connectivity index (χ1) is 29.1. The highest BCUT2D eigenvalue weighted by Gasteiger charge is 2.18. The number of aromatic nitrogens is 4. The van der Waals surface area contributed by atoms with Crippen LogP contribution in [0.5, 0.6) is 0 Å². The number of fused-ring (bicyclic) bond motifs is 8. The Morgan fingerprint density at radius 3 is 1.31 bits per heavy atom. The van der Waals surface area contributed by atoms with Crippen molar-refractivity contribution in [2.75, 3.05) is 0 Å². The van der Waals surface area contributed by atoms with E-state index in [1.54, 1.807) is 0 Å². The van der Waals surface area contributed by atoms with E-state index in [-0.39, 0.29) is 5.82 Å². The Balaban J connectivity index is 1.00. The van der Waals surface area contributed by atoms with Crippen LogP contribution in [0.2, 0.25) is 0 Å². The second-order valence-corrected chi connectivity index (χ2v) is 14.7. The van der Waals surface area contributed by atoms with E-state index in [1.165, 1.54) is 28.3 Å². The highest BCUT2D eigenvalue weighted by Crippen LogP contribution is 2.43. The smallest absolute Gasteiger partial charge is 0.164 e.